The topological polar surface area (TPSA) is 8.17 Å². The van der Waals surface area contributed by atoms with E-state index in [0.717, 1.165) is 25.9 Å². The summed E-state index contributed by atoms with van der Waals surface area (Å²) in [5.74, 6) is 0. The van der Waals surface area contributed by atoms with Crippen LogP contribution >= 0.6 is 0 Å². The van der Waals surface area contributed by atoms with Crippen molar-refractivity contribution in [3.63, 3.8) is 0 Å². The molecule has 2 nitrogen and oxygen atoms in total. The third kappa shape index (κ3) is 2.95. The molecule has 1 saturated heterocycles. The van der Waals surface area contributed by atoms with Crippen LogP contribution in [0, 0.1) is 6.92 Å². The third-order valence-electron chi connectivity index (χ3n) is 5.01. The van der Waals surface area contributed by atoms with Gasteiger partial charge in [0.1, 0.15) is 0 Å². The standard InChI is InChI=1S/C22H28N2/c1-5-18-16-20(21(6-2)23-14-8-9-15-23)22(7-3)24(18)19-12-10-17(4)11-13-19/h10-13,16H,2,5,7-9,14-15H2,1,3-4H3. The summed E-state index contributed by atoms with van der Waals surface area (Å²) in [5, 5.41) is 0. The molecule has 24 heavy (non-hydrogen) atoms. The maximum Gasteiger partial charge on any atom is 0.0885 e. The number of likely N-dealkylation sites (tertiary alicyclic amines) is 1. The first-order chi connectivity index (χ1) is 11.7. The van der Waals surface area contributed by atoms with Crippen LogP contribution in [0.4, 0.5) is 0 Å². The number of hydrogen-bond donors (Lipinski definition) is 0. The molecule has 0 saturated carbocycles. The van der Waals surface area contributed by atoms with Crippen molar-refractivity contribution in [2.75, 3.05) is 13.1 Å². The van der Waals surface area contributed by atoms with Crippen LogP contribution in [0.2, 0.25) is 0 Å². The van der Waals surface area contributed by atoms with E-state index in [1.807, 2.05) is 0 Å². The molecular weight excluding hydrogens is 292 g/mol. The largest absolute Gasteiger partial charge is 0.365 e. The van der Waals surface area contributed by atoms with Gasteiger partial charge < -0.3 is 9.47 Å². The highest BCUT2D eigenvalue weighted by molar-refractivity contribution is 5.68. The molecule has 126 valence electrons. The lowest BCUT2D eigenvalue weighted by molar-refractivity contribution is 0.493. The van der Waals surface area contributed by atoms with E-state index in [2.05, 4.69) is 72.9 Å². The maximum absolute atomic E-state index is 3.99. The normalized spacial score (nSPS) is 14.0. The van der Waals surface area contributed by atoms with Crippen molar-refractivity contribution in [2.45, 2.75) is 46.5 Å². The van der Waals surface area contributed by atoms with Gasteiger partial charge in [0.25, 0.3) is 0 Å². The van der Waals surface area contributed by atoms with E-state index in [1.54, 1.807) is 0 Å². The SMILES string of the molecule is C=C=C(c1cc(CC)n(-c2ccc(C)cc2)c1CC)N1CCCC1. The number of hydrogen-bond acceptors (Lipinski definition) is 1. The summed E-state index contributed by atoms with van der Waals surface area (Å²) in [6, 6.07) is 11.2. The zero-order valence-corrected chi connectivity index (χ0v) is 15.2. The van der Waals surface area contributed by atoms with Crippen molar-refractivity contribution in [3.8, 4) is 5.69 Å². The van der Waals surface area contributed by atoms with E-state index in [4.69, 9.17) is 0 Å². The predicted octanol–water partition coefficient (Wildman–Crippen LogP) is 5.13. The van der Waals surface area contributed by atoms with E-state index >= 15 is 0 Å². The molecular formula is C22H28N2. The van der Waals surface area contributed by atoms with Crippen molar-refractivity contribution >= 4 is 5.70 Å². The molecule has 1 aliphatic rings. The molecule has 1 fully saturated rings. The first-order valence-electron chi connectivity index (χ1n) is 9.15. The minimum atomic E-state index is 1.00. The number of aryl methyl sites for hydroxylation is 2. The summed E-state index contributed by atoms with van der Waals surface area (Å²) in [6.07, 6.45) is 4.56. The van der Waals surface area contributed by atoms with Crippen molar-refractivity contribution in [1.82, 2.24) is 9.47 Å². The molecule has 0 atom stereocenters. The Morgan fingerprint density at radius 1 is 1.08 bits per heavy atom. The Morgan fingerprint density at radius 3 is 2.29 bits per heavy atom. The van der Waals surface area contributed by atoms with Crippen molar-refractivity contribution in [2.24, 2.45) is 0 Å². The van der Waals surface area contributed by atoms with Gasteiger partial charge in [-0.2, -0.15) is 0 Å². The average Bonchev–Trinajstić information content (AvgIpc) is 3.24. The zero-order valence-electron chi connectivity index (χ0n) is 15.2. The van der Waals surface area contributed by atoms with E-state index < -0.39 is 0 Å². The molecule has 0 aliphatic carbocycles. The van der Waals surface area contributed by atoms with Crippen LogP contribution in [0.25, 0.3) is 11.4 Å². The van der Waals surface area contributed by atoms with Crippen LogP contribution in [0.15, 0.2) is 42.6 Å². The lowest BCUT2D eigenvalue weighted by Gasteiger charge is -2.20. The van der Waals surface area contributed by atoms with Crippen LogP contribution in [0.3, 0.4) is 0 Å². The first kappa shape index (κ1) is 16.7. The van der Waals surface area contributed by atoms with Crippen molar-refractivity contribution < 1.29 is 0 Å². The lowest BCUT2D eigenvalue weighted by Crippen LogP contribution is -2.17. The van der Waals surface area contributed by atoms with Crippen molar-refractivity contribution in [3.05, 3.63) is 65.2 Å². The Balaban J connectivity index is 2.14. The molecule has 0 amide bonds. The summed E-state index contributed by atoms with van der Waals surface area (Å²) in [6.45, 7) is 12.9. The molecule has 1 aromatic carbocycles. The van der Waals surface area contributed by atoms with Crippen LogP contribution < -0.4 is 0 Å². The van der Waals surface area contributed by atoms with Crippen LogP contribution in [-0.2, 0) is 12.8 Å². The third-order valence-corrected chi connectivity index (χ3v) is 5.01. The summed E-state index contributed by atoms with van der Waals surface area (Å²) in [7, 11) is 0. The molecule has 3 rings (SSSR count). The summed E-state index contributed by atoms with van der Waals surface area (Å²) in [5.41, 5.74) is 11.0. The predicted molar refractivity (Wildman–Crippen MR) is 103 cm³/mol. The van der Waals surface area contributed by atoms with Gasteiger partial charge in [-0.1, -0.05) is 38.1 Å². The lowest BCUT2D eigenvalue weighted by atomic mass is 10.1. The zero-order chi connectivity index (χ0) is 17.1. The van der Waals surface area contributed by atoms with Crippen LogP contribution in [0.1, 0.15) is 49.2 Å². The smallest absolute Gasteiger partial charge is 0.0885 e. The van der Waals surface area contributed by atoms with Crippen LogP contribution in [0.5, 0.6) is 0 Å². The van der Waals surface area contributed by atoms with Gasteiger partial charge in [-0.15, -0.1) is 5.73 Å². The minimum absolute atomic E-state index is 1.00. The summed E-state index contributed by atoms with van der Waals surface area (Å²) in [4.78, 5) is 2.44. The molecule has 0 radical (unpaired) electrons. The molecule has 2 aromatic rings. The molecule has 0 spiro atoms. The second-order valence-electron chi connectivity index (χ2n) is 6.59. The summed E-state index contributed by atoms with van der Waals surface area (Å²) >= 11 is 0. The van der Waals surface area contributed by atoms with Gasteiger partial charge in [0.15, 0.2) is 0 Å². The average molecular weight is 320 g/mol. The highest BCUT2D eigenvalue weighted by Gasteiger charge is 2.22. The monoisotopic (exact) mass is 320 g/mol. The quantitative estimate of drug-likeness (QED) is 0.693. The number of benzene rings is 1. The second-order valence-corrected chi connectivity index (χ2v) is 6.59. The Labute approximate surface area is 146 Å². The molecule has 0 N–H and O–H groups in total. The molecule has 1 aliphatic heterocycles. The molecule has 2 heterocycles. The fourth-order valence-corrected chi connectivity index (χ4v) is 3.76. The van der Waals surface area contributed by atoms with Gasteiger partial charge in [0.2, 0.25) is 0 Å². The highest BCUT2D eigenvalue weighted by Crippen LogP contribution is 2.31. The second kappa shape index (κ2) is 7.15. The van der Waals surface area contributed by atoms with E-state index in [-0.39, 0.29) is 0 Å². The van der Waals surface area contributed by atoms with E-state index in [9.17, 15) is 0 Å². The van der Waals surface area contributed by atoms with E-state index in [0.29, 0.717) is 0 Å². The van der Waals surface area contributed by atoms with Crippen LogP contribution in [-0.4, -0.2) is 22.6 Å². The molecule has 0 bridgehead atoms. The van der Waals surface area contributed by atoms with E-state index in [1.165, 1.54) is 46.7 Å². The van der Waals surface area contributed by atoms with Gasteiger partial charge in [-0.3, -0.25) is 0 Å². The Bertz CT molecular complexity index is 752. The van der Waals surface area contributed by atoms with Gasteiger partial charge in [0.05, 0.1) is 5.70 Å². The van der Waals surface area contributed by atoms with Gasteiger partial charge in [0, 0.05) is 35.7 Å². The summed E-state index contributed by atoms with van der Waals surface area (Å²) < 4.78 is 2.43. The number of nitrogens with zero attached hydrogens (tertiary/aromatic N) is 2. The molecule has 0 unspecified atom stereocenters. The molecule has 2 heteroatoms. The Hall–Kier alpha value is -2.18. The van der Waals surface area contributed by atoms with Gasteiger partial charge in [-0.25, -0.2) is 0 Å². The first-order valence-corrected chi connectivity index (χ1v) is 9.15. The fraction of sp³-hybridized carbons (Fsp3) is 0.409. The van der Waals surface area contributed by atoms with Gasteiger partial charge >= 0.3 is 0 Å². The highest BCUT2D eigenvalue weighted by atomic mass is 15.2. The van der Waals surface area contributed by atoms with Gasteiger partial charge in [-0.05, 0) is 50.8 Å². The van der Waals surface area contributed by atoms with Crippen molar-refractivity contribution in [1.29, 1.82) is 0 Å². The maximum atomic E-state index is 3.99. The Kier molecular flexibility index (Phi) is 4.97. The Morgan fingerprint density at radius 2 is 1.75 bits per heavy atom. The molecule has 1 aromatic heterocycles. The fourth-order valence-electron chi connectivity index (χ4n) is 3.76. The minimum Gasteiger partial charge on any atom is -0.365 e. The number of aromatic nitrogens is 1. The number of rotatable bonds is 5.